The molecule has 0 saturated carbocycles. The van der Waals surface area contributed by atoms with Gasteiger partial charge in [0, 0.05) is 10.7 Å². The summed E-state index contributed by atoms with van der Waals surface area (Å²) in [5, 5.41) is 11.7. The number of halogens is 1. The highest BCUT2D eigenvalue weighted by atomic mass is 35.5. The average molecular weight is 403 g/mol. The molecule has 3 N–H and O–H groups in total. The number of carbonyl (C=O) groups is 1. The number of nitrogens with two attached hydrogens (primary N) is 1. The number of hydrogen-bond acceptors (Lipinski definition) is 6. The Labute approximate surface area is 166 Å². The van der Waals surface area contributed by atoms with Gasteiger partial charge in [0.2, 0.25) is 11.8 Å². The van der Waals surface area contributed by atoms with Crippen LogP contribution in [0.5, 0.6) is 0 Å². The van der Waals surface area contributed by atoms with Gasteiger partial charge in [-0.15, -0.1) is 10.2 Å². The SMILES string of the molecule is Cc1c(Cl)cccc1NC(=O)CSc1nnc([C@@H](N)Cc2ccccc2)o1. The molecule has 27 heavy (non-hydrogen) atoms. The standard InChI is InChI=1S/C19H19ClN4O2S/c1-12-14(20)8-5-9-16(12)22-17(25)11-27-19-24-23-18(26-19)15(21)10-13-6-3-2-4-7-13/h2-9,15H,10-11,21H2,1H3,(H,22,25)/t15-/m0/s1. The van der Waals surface area contributed by atoms with Crippen molar-refractivity contribution in [1.82, 2.24) is 10.2 Å². The van der Waals surface area contributed by atoms with Crippen molar-refractivity contribution in [3.8, 4) is 0 Å². The largest absolute Gasteiger partial charge is 0.414 e. The first-order valence-electron chi connectivity index (χ1n) is 8.33. The molecule has 3 aromatic rings. The Morgan fingerprint density at radius 2 is 2.00 bits per heavy atom. The lowest BCUT2D eigenvalue weighted by atomic mass is 10.1. The van der Waals surface area contributed by atoms with E-state index >= 15 is 0 Å². The van der Waals surface area contributed by atoms with Crippen LogP contribution in [0.25, 0.3) is 0 Å². The van der Waals surface area contributed by atoms with Gasteiger partial charge in [-0.1, -0.05) is 59.8 Å². The first-order chi connectivity index (χ1) is 13.0. The van der Waals surface area contributed by atoms with Crippen LogP contribution >= 0.6 is 23.4 Å². The molecule has 2 aromatic carbocycles. The van der Waals surface area contributed by atoms with Crippen LogP contribution in [0.2, 0.25) is 5.02 Å². The second kappa shape index (κ2) is 9.03. The van der Waals surface area contributed by atoms with Gasteiger partial charge >= 0.3 is 0 Å². The molecule has 1 aromatic heterocycles. The summed E-state index contributed by atoms with van der Waals surface area (Å²) in [5.41, 5.74) is 8.73. The lowest BCUT2D eigenvalue weighted by molar-refractivity contribution is -0.113. The van der Waals surface area contributed by atoms with Gasteiger partial charge in [0.25, 0.3) is 5.22 Å². The minimum Gasteiger partial charge on any atom is -0.414 e. The van der Waals surface area contributed by atoms with E-state index in [-0.39, 0.29) is 11.7 Å². The summed E-state index contributed by atoms with van der Waals surface area (Å²) < 4.78 is 5.58. The van der Waals surface area contributed by atoms with Crippen molar-refractivity contribution < 1.29 is 9.21 Å². The number of anilines is 1. The number of rotatable bonds is 7. The molecule has 0 fully saturated rings. The molecule has 0 aliphatic rings. The van der Waals surface area contributed by atoms with Crippen molar-refractivity contribution in [3.05, 3.63) is 70.6 Å². The van der Waals surface area contributed by atoms with Crippen molar-refractivity contribution >= 4 is 35.0 Å². The van der Waals surface area contributed by atoms with Gasteiger partial charge in [-0.2, -0.15) is 0 Å². The maximum Gasteiger partial charge on any atom is 0.277 e. The molecule has 0 aliphatic carbocycles. The van der Waals surface area contributed by atoms with Gasteiger partial charge in [-0.3, -0.25) is 4.79 Å². The number of nitrogens with zero attached hydrogens (tertiary/aromatic N) is 2. The second-order valence-electron chi connectivity index (χ2n) is 5.95. The van der Waals surface area contributed by atoms with Crippen LogP contribution in [0, 0.1) is 6.92 Å². The van der Waals surface area contributed by atoms with E-state index in [0.717, 1.165) is 22.9 Å². The number of aromatic nitrogens is 2. The molecule has 3 rings (SSSR count). The van der Waals surface area contributed by atoms with E-state index < -0.39 is 6.04 Å². The maximum atomic E-state index is 12.1. The highest BCUT2D eigenvalue weighted by molar-refractivity contribution is 7.99. The minimum atomic E-state index is -0.391. The molecular formula is C19H19ClN4O2S. The monoisotopic (exact) mass is 402 g/mol. The van der Waals surface area contributed by atoms with Crippen LogP contribution in [-0.4, -0.2) is 21.9 Å². The number of amides is 1. The van der Waals surface area contributed by atoms with Gasteiger partial charge in [-0.05, 0) is 36.6 Å². The average Bonchev–Trinajstić information content (AvgIpc) is 3.14. The molecule has 0 radical (unpaired) electrons. The summed E-state index contributed by atoms with van der Waals surface area (Å²) in [5.74, 6) is 0.313. The zero-order valence-corrected chi connectivity index (χ0v) is 16.3. The normalized spacial score (nSPS) is 12.0. The Hall–Kier alpha value is -2.35. The number of benzene rings is 2. The van der Waals surface area contributed by atoms with Gasteiger partial charge in [0.05, 0.1) is 11.8 Å². The first kappa shape index (κ1) is 19.4. The number of thioether (sulfide) groups is 1. The highest BCUT2D eigenvalue weighted by Gasteiger charge is 2.16. The van der Waals surface area contributed by atoms with Gasteiger partial charge in [0.15, 0.2) is 0 Å². The quantitative estimate of drug-likeness (QED) is 0.580. The third kappa shape index (κ3) is 5.32. The first-order valence-corrected chi connectivity index (χ1v) is 9.70. The van der Waals surface area contributed by atoms with Crippen LogP contribution in [0.1, 0.15) is 23.1 Å². The fourth-order valence-electron chi connectivity index (χ4n) is 2.44. The van der Waals surface area contributed by atoms with Crippen molar-refractivity contribution in [3.63, 3.8) is 0 Å². The molecule has 1 atom stereocenters. The highest BCUT2D eigenvalue weighted by Crippen LogP contribution is 2.24. The summed E-state index contributed by atoms with van der Waals surface area (Å²) in [4.78, 5) is 12.1. The van der Waals surface area contributed by atoms with E-state index in [0.29, 0.717) is 28.2 Å². The zero-order chi connectivity index (χ0) is 19.2. The van der Waals surface area contributed by atoms with E-state index in [2.05, 4.69) is 15.5 Å². The molecule has 0 unspecified atom stereocenters. The summed E-state index contributed by atoms with van der Waals surface area (Å²) >= 11 is 7.22. The predicted molar refractivity (Wildman–Crippen MR) is 107 cm³/mol. The van der Waals surface area contributed by atoms with Crippen LogP contribution in [0.4, 0.5) is 5.69 Å². The van der Waals surface area contributed by atoms with E-state index in [1.54, 1.807) is 18.2 Å². The summed E-state index contributed by atoms with van der Waals surface area (Å²) in [6.45, 7) is 1.85. The summed E-state index contributed by atoms with van der Waals surface area (Å²) in [6.07, 6.45) is 0.599. The van der Waals surface area contributed by atoms with E-state index in [4.69, 9.17) is 21.8 Å². The van der Waals surface area contributed by atoms with Crippen LogP contribution < -0.4 is 11.1 Å². The summed E-state index contributed by atoms with van der Waals surface area (Å²) in [6, 6.07) is 14.8. The molecule has 0 bridgehead atoms. The topological polar surface area (TPSA) is 94.0 Å². The number of carbonyl (C=O) groups excluding carboxylic acids is 1. The van der Waals surface area contributed by atoms with E-state index in [1.807, 2.05) is 37.3 Å². The third-order valence-corrected chi connectivity index (χ3v) is 5.13. The Bertz CT molecular complexity index is 917. The second-order valence-corrected chi connectivity index (χ2v) is 7.29. The van der Waals surface area contributed by atoms with Gasteiger partial charge in [0.1, 0.15) is 0 Å². The zero-order valence-electron chi connectivity index (χ0n) is 14.7. The van der Waals surface area contributed by atoms with Crippen LogP contribution in [0.3, 0.4) is 0 Å². The van der Waals surface area contributed by atoms with Crippen LogP contribution in [0.15, 0.2) is 58.2 Å². The van der Waals surface area contributed by atoms with E-state index in [1.165, 1.54) is 0 Å². The maximum absolute atomic E-state index is 12.1. The van der Waals surface area contributed by atoms with E-state index in [9.17, 15) is 4.79 Å². The Morgan fingerprint density at radius 3 is 2.78 bits per heavy atom. The molecular weight excluding hydrogens is 384 g/mol. The molecule has 0 aliphatic heterocycles. The lowest BCUT2D eigenvalue weighted by Crippen LogP contribution is -2.14. The number of nitrogens with one attached hydrogen (secondary N) is 1. The fourth-order valence-corrected chi connectivity index (χ4v) is 3.18. The summed E-state index contributed by atoms with van der Waals surface area (Å²) in [7, 11) is 0. The molecule has 0 saturated heterocycles. The van der Waals surface area contributed by atoms with Gasteiger partial charge < -0.3 is 15.5 Å². The van der Waals surface area contributed by atoms with Gasteiger partial charge in [-0.25, -0.2) is 0 Å². The molecule has 8 heteroatoms. The van der Waals surface area contributed by atoms with Crippen molar-refractivity contribution in [2.75, 3.05) is 11.1 Å². The Kier molecular flexibility index (Phi) is 6.49. The molecule has 140 valence electrons. The Balaban J connectivity index is 1.53. The molecule has 1 amide bonds. The lowest BCUT2D eigenvalue weighted by Gasteiger charge is -2.08. The molecule has 6 nitrogen and oxygen atoms in total. The van der Waals surface area contributed by atoms with Crippen LogP contribution in [-0.2, 0) is 11.2 Å². The number of hydrogen-bond donors (Lipinski definition) is 2. The molecule has 0 spiro atoms. The Morgan fingerprint density at radius 1 is 1.22 bits per heavy atom. The fraction of sp³-hybridized carbons (Fsp3) is 0.211. The van der Waals surface area contributed by atoms with Crippen molar-refractivity contribution in [2.45, 2.75) is 24.6 Å². The molecule has 1 heterocycles. The van der Waals surface area contributed by atoms with Crippen molar-refractivity contribution in [2.24, 2.45) is 5.73 Å². The third-order valence-electron chi connectivity index (χ3n) is 3.91. The predicted octanol–water partition coefficient (Wildman–Crippen LogP) is 4.00. The smallest absolute Gasteiger partial charge is 0.277 e. The minimum absolute atomic E-state index is 0.140. The van der Waals surface area contributed by atoms with Crippen molar-refractivity contribution in [1.29, 1.82) is 0 Å².